The smallest absolute Gasteiger partial charge is 0.229 e. The zero-order valence-corrected chi connectivity index (χ0v) is 11.8. The first-order valence-corrected chi connectivity index (χ1v) is 7.02. The van der Waals surface area contributed by atoms with Crippen LogP contribution in [0.4, 0.5) is 15.8 Å². The van der Waals surface area contributed by atoms with Gasteiger partial charge in [-0.15, -0.1) is 0 Å². The lowest BCUT2D eigenvalue weighted by Gasteiger charge is -2.25. The highest BCUT2D eigenvalue weighted by molar-refractivity contribution is 5.93. The first-order chi connectivity index (χ1) is 10.1. The van der Waals surface area contributed by atoms with E-state index in [4.69, 9.17) is 0 Å². The first-order valence-electron chi connectivity index (χ1n) is 7.02. The molecule has 0 bridgehead atoms. The highest BCUT2D eigenvalue weighted by Gasteiger charge is 2.24. The van der Waals surface area contributed by atoms with Crippen LogP contribution in [0, 0.1) is 18.7 Å². The largest absolute Gasteiger partial charge is 0.384 e. The predicted octanol–water partition coefficient (Wildman–Crippen LogP) is 3.36. The second kappa shape index (κ2) is 5.56. The molecule has 0 aliphatic carbocycles. The molecule has 2 aromatic carbocycles. The molecule has 1 aliphatic heterocycles. The second-order valence-corrected chi connectivity index (χ2v) is 5.41. The molecule has 21 heavy (non-hydrogen) atoms. The van der Waals surface area contributed by atoms with Crippen molar-refractivity contribution in [2.75, 3.05) is 17.2 Å². The Labute approximate surface area is 123 Å². The number of anilines is 2. The summed E-state index contributed by atoms with van der Waals surface area (Å²) in [6.07, 6.45) is 0.669. The van der Waals surface area contributed by atoms with Crippen LogP contribution in [0.2, 0.25) is 0 Å². The number of carbonyl (C=O) groups excluding carboxylic acids is 1. The molecule has 0 fully saturated rings. The number of para-hydroxylation sites is 1. The van der Waals surface area contributed by atoms with E-state index >= 15 is 0 Å². The Morgan fingerprint density at radius 1 is 1.29 bits per heavy atom. The minimum absolute atomic E-state index is 0.151. The SMILES string of the molecule is Cc1ccc(F)c(NC(=O)C2CNc3ccccc3C2)c1. The van der Waals surface area contributed by atoms with Crippen LogP contribution in [0.25, 0.3) is 0 Å². The highest BCUT2D eigenvalue weighted by atomic mass is 19.1. The van der Waals surface area contributed by atoms with Crippen LogP contribution in [0.3, 0.4) is 0 Å². The third kappa shape index (κ3) is 2.89. The third-order valence-electron chi connectivity index (χ3n) is 3.77. The molecule has 0 saturated carbocycles. The Balaban J connectivity index is 1.74. The summed E-state index contributed by atoms with van der Waals surface area (Å²) in [5.41, 5.74) is 3.36. The zero-order valence-electron chi connectivity index (χ0n) is 11.8. The molecule has 2 aromatic rings. The molecule has 4 heteroatoms. The minimum atomic E-state index is -0.405. The Hall–Kier alpha value is -2.36. The lowest BCUT2D eigenvalue weighted by atomic mass is 9.93. The van der Waals surface area contributed by atoms with E-state index in [2.05, 4.69) is 10.6 Å². The number of fused-ring (bicyclic) bond motifs is 1. The highest BCUT2D eigenvalue weighted by Crippen LogP contribution is 2.25. The number of aryl methyl sites for hydroxylation is 1. The fraction of sp³-hybridized carbons (Fsp3) is 0.235. The van der Waals surface area contributed by atoms with Crippen molar-refractivity contribution in [3.8, 4) is 0 Å². The number of amides is 1. The summed E-state index contributed by atoms with van der Waals surface area (Å²) in [4.78, 5) is 12.3. The van der Waals surface area contributed by atoms with E-state index < -0.39 is 5.82 Å². The van der Waals surface area contributed by atoms with Gasteiger partial charge < -0.3 is 10.6 Å². The van der Waals surface area contributed by atoms with Gasteiger partial charge in [0.25, 0.3) is 0 Å². The molecule has 1 amide bonds. The summed E-state index contributed by atoms with van der Waals surface area (Å²) in [5.74, 6) is -0.751. The van der Waals surface area contributed by atoms with E-state index in [-0.39, 0.29) is 17.5 Å². The van der Waals surface area contributed by atoms with Gasteiger partial charge in [0, 0.05) is 12.2 Å². The maximum atomic E-state index is 13.7. The van der Waals surface area contributed by atoms with E-state index in [1.807, 2.05) is 31.2 Å². The van der Waals surface area contributed by atoms with Crippen molar-refractivity contribution < 1.29 is 9.18 Å². The average molecular weight is 284 g/mol. The number of hydrogen-bond donors (Lipinski definition) is 2. The molecule has 0 spiro atoms. The van der Waals surface area contributed by atoms with Crippen LogP contribution in [0.1, 0.15) is 11.1 Å². The molecule has 1 atom stereocenters. The van der Waals surface area contributed by atoms with Gasteiger partial charge in [-0.2, -0.15) is 0 Å². The van der Waals surface area contributed by atoms with Gasteiger partial charge in [-0.3, -0.25) is 4.79 Å². The lowest BCUT2D eigenvalue weighted by molar-refractivity contribution is -0.119. The maximum absolute atomic E-state index is 13.7. The normalized spacial score (nSPS) is 16.8. The van der Waals surface area contributed by atoms with Crippen molar-refractivity contribution in [3.63, 3.8) is 0 Å². The van der Waals surface area contributed by atoms with Crippen molar-refractivity contribution >= 4 is 17.3 Å². The number of nitrogens with one attached hydrogen (secondary N) is 2. The van der Waals surface area contributed by atoms with Gasteiger partial charge in [0.15, 0.2) is 0 Å². The maximum Gasteiger partial charge on any atom is 0.229 e. The second-order valence-electron chi connectivity index (χ2n) is 5.41. The van der Waals surface area contributed by atoms with Gasteiger partial charge in [0.1, 0.15) is 5.82 Å². The van der Waals surface area contributed by atoms with Crippen molar-refractivity contribution in [1.29, 1.82) is 0 Å². The number of benzene rings is 2. The summed E-state index contributed by atoms with van der Waals surface area (Å²) in [6.45, 7) is 2.43. The Morgan fingerprint density at radius 3 is 2.95 bits per heavy atom. The molecule has 0 aromatic heterocycles. The van der Waals surface area contributed by atoms with Gasteiger partial charge >= 0.3 is 0 Å². The van der Waals surface area contributed by atoms with Crippen LogP contribution >= 0.6 is 0 Å². The van der Waals surface area contributed by atoms with Gasteiger partial charge in [-0.05, 0) is 42.7 Å². The molecule has 3 rings (SSSR count). The van der Waals surface area contributed by atoms with E-state index in [9.17, 15) is 9.18 Å². The van der Waals surface area contributed by atoms with Gasteiger partial charge in [0.05, 0.1) is 11.6 Å². The van der Waals surface area contributed by atoms with E-state index in [0.717, 1.165) is 16.8 Å². The predicted molar refractivity (Wildman–Crippen MR) is 81.9 cm³/mol. The van der Waals surface area contributed by atoms with E-state index in [1.165, 1.54) is 6.07 Å². The molecule has 1 heterocycles. The number of rotatable bonds is 2. The van der Waals surface area contributed by atoms with E-state index in [1.54, 1.807) is 12.1 Å². The average Bonchev–Trinajstić information content (AvgIpc) is 2.50. The van der Waals surface area contributed by atoms with Crippen molar-refractivity contribution in [1.82, 2.24) is 0 Å². The van der Waals surface area contributed by atoms with E-state index in [0.29, 0.717) is 13.0 Å². The van der Waals surface area contributed by atoms with Gasteiger partial charge in [-0.1, -0.05) is 24.3 Å². The quantitative estimate of drug-likeness (QED) is 0.888. The van der Waals surface area contributed by atoms with Crippen molar-refractivity contribution in [2.45, 2.75) is 13.3 Å². The fourth-order valence-corrected chi connectivity index (χ4v) is 2.60. The number of halogens is 1. The van der Waals surface area contributed by atoms with Crippen molar-refractivity contribution in [3.05, 3.63) is 59.4 Å². The van der Waals surface area contributed by atoms with Crippen LogP contribution in [-0.4, -0.2) is 12.5 Å². The number of carbonyl (C=O) groups is 1. The van der Waals surface area contributed by atoms with Gasteiger partial charge in [0.2, 0.25) is 5.91 Å². The summed E-state index contributed by atoms with van der Waals surface area (Å²) < 4.78 is 13.7. The molecular weight excluding hydrogens is 267 g/mol. The molecule has 0 saturated heterocycles. The standard InChI is InChI=1S/C17H17FN2O/c1-11-6-7-14(18)16(8-11)20-17(21)13-9-12-4-2-3-5-15(12)19-10-13/h2-8,13,19H,9-10H2,1H3,(H,20,21). The topological polar surface area (TPSA) is 41.1 Å². The summed E-state index contributed by atoms with van der Waals surface area (Å²) in [5, 5.41) is 5.95. The third-order valence-corrected chi connectivity index (χ3v) is 3.77. The molecule has 3 nitrogen and oxygen atoms in total. The first kappa shape index (κ1) is 13.6. The monoisotopic (exact) mass is 284 g/mol. The Morgan fingerprint density at radius 2 is 2.10 bits per heavy atom. The van der Waals surface area contributed by atoms with Gasteiger partial charge in [-0.25, -0.2) is 4.39 Å². The Kier molecular flexibility index (Phi) is 3.60. The van der Waals surface area contributed by atoms with Crippen molar-refractivity contribution in [2.24, 2.45) is 5.92 Å². The summed E-state index contributed by atoms with van der Waals surface area (Å²) >= 11 is 0. The summed E-state index contributed by atoms with van der Waals surface area (Å²) in [7, 11) is 0. The zero-order chi connectivity index (χ0) is 14.8. The number of hydrogen-bond acceptors (Lipinski definition) is 2. The van der Waals surface area contributed by atoms with Crippen LogP contribution in [-0.2, 0) is 11.2 Å². The molecule has 108 valence electrons. The Bertz CT molecular complexity index is 684. The van der Waals surface area contributed by atoms with Crippen LogP contribution < -0.4 is 10.6 Å². The van der Waals surface area contributed by atoms with Crippen LogP contribution in [0.5, 0.6) is 0 Å². The minimum Gasteiger partial charge on any atom is -0.384 e. The molecule has 1 aliphatic rings. The molecule has 1 unspecified atom stereocenters. The lowest BCUT2D eigenvalue weighted by Crippen LogP contribution is -2.34. The van der Waals surface area contributed by atoms with Crippen LogP contribution in [0.15, 0.2) is 42.5 Å². The molecular formula is C17H17FN2O. The summed E-state index contributed by atoms with van der Waals surface area (Å²) in [6, 6.07) is 12.6. The molecule has 2 N–H and O–H groups in total. The fourth-order valence-electron chi connectivity index (χ4n) is 2.60. The molecule has 0 radical (unpaired) electrons.